The van der Waals surface area contributed by atoms with E-state index < -0.39 is 0 Å². The molecule has 0 saturated heterocycles. The summed E-state index contributed by atoms with van der Waals surface area (Å²) in [6.07, 6.45) is 0. The number of hydrogen-bond acceptors (Lipinski definition) is 3. The van der Waals surface area contributed by atoms with Crippen molar-refractivity contribution in [2.45, 2.75) is 40.4 Å². The number of hydrogen-bond donors (Lipinski definition) is 2. The lowest BCUT2D eigenvalue weighted by Gasteiger charge is -2.15. The van der Waals surface area contributed by atoms with Gasteiger partial charge in [-0.25, -0.2) is 14.1 Å². The average Bonchev–Trinajstić information content (AvgIpc) is 3.09. The number of aryl methyl sites for hydroxylation is 2. The van der Waals surface area contributed by atoms with Gasteiger partial charge in [0.15, 0.2) is 5.96 Å². The minimum atomic E-state index is -0.183. The first kappa shape index (κ1) is 23.5. The lowest BCUT2D eigenvalue weighted by Crippen LogP contribution is -2.37. The molecule has 0 amide bonds. The highest BCUT2D eigenvalue weighted by Gasteiger charge is 2.10. The predicted octanol–water partition coefficient (Wildman–Crippen LogP) is 3.95. The van der Waals surface area contributed by atoms with Gasteiger partial charge in [-0.3, -0.25) is 0 Å². The van der Waals surface area contributed by atoms with Gasteiger partial charge in [0.2, 0.25) is 0 Å². The van der Waals surface area contributed by atoms with E-state index in [1.807, 2.05) is 55.7 Å². The molecule has 1 heterocycles. The molecule has 0 aliphatic carbocycles. The first-order chi connectivity index (χ1) is 15.4. The van der Waals surface area contributed by atoms with Crippen molar-refractivity contribution in [3.05, 3.63) is 82.4 Å². The van der Waals surface area contributed by atoms with Crippen LogP contribution in [0.1, 0.15) is 35.0 Å². The summed E-state index contributed by atoms with van der Waals surface area (Å²) in [6.45, 7) is 8.48. The lowest BCUT2D eigenvalue weighted by atomic mass is 10.1. The molecular weight excluding hydrogens is 403 g/mol. The highest BCUT2D eigenvalue weighted by molar-refractivity contribution is 5.79. The van der Waals surface area contributed by atoms with Crippen molar-refractivity contribution in [1.82, 2.24) is 25.3 Å². The van der Waals surface area contributed by atoms with E-state index in [1.54, 1.807) is 6.07 Å². The van der Waals surface area contributed by atoms with Crippen LogP contribution in [0.4, 0.5) is 4.39 Å². The molecule has 0 radical (unpaired) electrons. The number of aromatic nitrogens is 2. The molecule has 3 aromatic rings. The Balaban J connectivity index is 1.74. The van der Waals surface area contributed by atoms with Gasteiger partial charge in [-0.1, -0.05) is 24.3 Å². The third kappa shape index (κ3) is 6.17. The van der Waals surface area contributed by atoms with Gasteiger partial charge in [0, 0.05) is 30.9 Å². The molecule has 0 unspecified atom stereocenters. The first-order valence-corrected chi connectivity index (χ1v) is 10.9. The number of nitrogens with one attached hydrogen (secondary N) is 2. The maximum absolute atomic E-state index is 14.1. The highest BCUT2D eigenvalue weighted by Crippen LogP contribution is 2.17. The summed E-state index contributed by atoms with van der Waals surface area (Å²) in [5, 5.41) is 11.3. The topological polar surface area (TPSA) is 57.5 Å². The van der Waals surface area contributed by atoms with Crippen LogP contribution in [0.2, 0.25) is 0 Å². The van der Waals surface area contributed by atoms with E-state index in [0.717, 1.165) is 34.7 Å². The van der Waals surface area contributed by atoms with Gasteiger partial charge in [-0.05, 0) is 70.3 Å². The zero-order valence-corrected chi connectivity index (χ0v) is 19.6. The Hall–Kier alpha value is -3.19. The number of guanidine groups is 1. The molecule has 1 aromatic heterocycles. The van der Waals surface area contributed by atoms with Gasteiger partial charge in [0.05, 0.1) is 17.9 Å². The molecule has 0 aliphatic heterocycles. The van der Waals surface area contributed by atoms with Gasteiger partial charge >= 0.3 is 0 Å². The Morgan fingerprint density at radius 2 is 1.84 bits per heavy atom. The van der Waals surface area contributed by atoms with Crippen LogP contribution < -0.4 is 10.6 Å². The summed E-state index contributed by atoms with van der Waals surface area (Å²) >= 11 is 0. The normalized spacial score (nSPS) is 11.8. The summed E-state index contributed by atoms with van der Waals surface area (Å²) in [4.78, 5) is 6.66. The molecular formula is C25H33FN6. The third-order valence-electron chi connectivity index (χ3n) is 5.04. The van der Waals surface area contributed by atoms with E-state index >= 15 is 0 Å². The quantitative estimate of drug-likeness (QED) is 0.415. The van der Waals surface area contributed by atoms with Crippen LogP contribution in [0, 0.1) is 19.7 Å². The molecule has 6 nitrogen and oxygen atoms in total. The molecule has 0 saturated carbocycles. The number of aliphatic imine (C=N–C) groups is 1. The molecule has 0 fully saturated rings. The number of benzene rings is 2. The molecule has 0 aliphatic rings. The summed E-state index contributed by atoms with van der Waals surface area (Å²) in [5.41, 5.74) is 5.92. The molecule has 3 rings (SSSR count). The standard InChI is InChI=1S/C25H33FN6/c1-6-27-25(28-15-20-11-12-23(26)22(14-20)17-31(4)5)29-16-21-9-7-8-10-24(21)32-19(3)13-18(2)30-32/h7-14H,6,15-17H2,1-5H3,(H2,27,28,29). The Morgan fingerprint density at radius 1 is 1.06 bits per heavy atom. The first-order valence-electron chi connectivity index (χ1n) is 10.9. The summed E-state index contributed by atoms with van der Waals surface area (Å²) in [5.74, 6) is 0.534. The van der Waals surface area contributed by atoms with Crippen LogP contribution in [-0.2, 0) is 19.6 Å². The van der Waals surface area contributed by atoms with Crippen molar-refractivity contribution < 1.29 is 4.39 Å². The minimum Gasteiger partial charge on any atom is -0.357 e. The summed E-state index contributed by atoms with van der Waals surface area (Å²) < 4.78 is 16.0. The van der Waals surface area contributed by atoms with Crippen LogP contribution in [0.15, 0.2) is 53.5 Å². The van der Waals surface area contributed by atoms with Crippen LogP contribution >= 0.6 is 0 Å². The molecule has 2 aromatic carbocycles. The number of halogens is 1. The van der Waals surface area contributed by atoms with Crippen molar-refractivity contribution in [3.63, 3.8) is 0 Å². The van der Waals surface area contributed by atoms with Crippen LogP contribution in [0.3, 0.4) is 0 Å². The summed E-state index contributed by atoms with van der Waals surface area (Å²) in [7, 11) is 3.86. The van der Waals surface area contributed by atoms with Gasteiger partial charge in [-0.15, -0.1) is 0 Å². The second-order valence-electron chi connectivity index (χ2n) is 8.18. The smallest absolute Gasteiger partial charge is 0.191 e. The number of para-hydroxylation sites is 1. The fraction of sp³-hybridized carbons (Fsp3) is 0.360. The van der Waals surface area contributed by atoms with E-state index in [9.17, 15) is 4.39 Å². The van der Waals surface area contributed by atoms with Crippen molar-refractivity contribution in [3.8, 4) is 5.69 Å². The van der Waals surface area contributed by atoms with Gasteiger partial charge in [-0.2, -0.15) is 5.10 Å². The van der Waals surface area contributed by atoms with Crippen molar-refractivity contribution in [2.24, 2.45) is 4.99 Å². The van der Waals surface area contributed by atoms with Crippen molar-refractivity contribution >= 4 is 5.96 Å². The Bertz CT molecular complexity index is 1070. The van der Waals surface area contributed by atoms with Gasteiger partial charge < -0.3 is 15.5 Å². The fourth-order valence-corrected chi connectivity index (χ4v) is 3.62. The second kappa shape index (κ2) is 10.9. The van der Waals surface area contributed by atoms with Crippen molar-refractivity contribution in [2.75, 3.05) is 20.6 Å². The SMILES string of the molecule is CCNC(=NCc1ccc(F)c(CN(C)C)c1)NCc1ccccc1-n1nc(C)cc1C. The molecule has 2 N–H and O–H groups in total. The molecule has 32 heavy (non-hydrogen) atoms. The molecule has 0 atom stereocenters. The van der Waals surface area contributed by atoms with Crippen LogP contribution in [-0.4, -0.2) is 41.3 Å². The maximum Gasteiger partial charge on any atom is 0.191 e. The minimum absolute atomic E-state index is 0.183. The van der Waals surface area contributed by atoms with Gasteiger partial charge in [0.1, 0.15) is 5.82 Å². The number of rotatable bonds is 8. The molecule has 0 spiro atoms. The van der Waals surface area contributed by atoms with Gasteiger partial charge in [0.25, 0.3) is 0 Å². The zero-order chi connectivity index (χ0) is 23.1. The highest BCUT2D eigenvalue weighted by atomic mass is 19.1. The van der Waals surface area contributed by atoms with Crippen molar-refractivity contribution in [1.29, 1.82) is 0 Å². The van der Waals surface area contributed by atoms with E-state index in [4.69, 9.17) is 4.99 Å². The zero-order valence-electron chi connectivity index (χ0n) is 19.6. The van der Waals surface area contributed by atoms with Crippen LogP contribution in [0.5, 0.6) is 0 Å². The maximum atomic E-state index is 14.1. The lowest BCUT2D eigenvalue weighted by molar-refractivity contribution is 0.392. The Morgan fingerprint density at radius 3 is 2.53 bits per heavy atom. The van der Waals surface area contributed by atoms with E-state index in [-0.39, 0.29) is 5.82 Å². The monoisotopic (exact) mass is 436 g/mol. The van der Waals surface area contributed by atoms with E-state index in [1.165, 1.54) is 6.07 Å². The van der Waals surface area contributed by atoms with E-state index in [0.29, 0.717) is 31.2 Å². The third-order valence-corrected chi connectivity index (χ3v) is 5.04. The molecule has 170 valence electrons. The second-order valence-corrected chi connectivity index (χ2v) is 8.18. The molecule has 0 bridgehead atoms. The summed E-state index contributed by atoms with van der Waals surface area (Å²) in [6, 6.07) is 15.5. The fourth-order valence-electron chi connectivity index (χ4n) is 3.62. The molecule has 7 heteroatoms. The Labute approximate surface area is 190 Å². The largest absolute Gasteiger partial charge is 0.357 e. The van der Waals surface area contributed by atoms with E-state index in [2.05, 4.69) is 40.9 Å². The Kier molecular flexibility index (Phi) is 8.00. The van der Waals surface area contributed by atoms with Crippen LogP contribution in [0.25, 0.3) is 5.69 Å². The average molecular weight is 437 g/mol. The predicted molar refractivity (Wildman–Crippen MR) is 128 cm³/mol. The number of nitrogens with zero attached hydrogens (tertiary/aromatic N) is 4.